The van der Waals surface area contributed by atoms with Crippen molar-refractivity contribution in [2.24, 2.45) is 5.16 Å². The van der Waals surface area contributed by atoms with E-state index in [0.29, 0.717) is 5.69 Å². The van der Waals surface area contributed by atoms with Gasteiger partial charge in [-0.15, -0.1) is 16.5 Å². The van der Waals surface area contributed by atoms with Crippen molar-refractivity contribution in [2.75, 3.05) is 0 Å². The van der Waals surface area contributed by atoms with Gasteiger partial charge in [-0.2, -0.15) is 0 Å². The standard InChI is InChI=1S/C6H6N2O3S/c9-6(10)4(1-8-11)5-2-12-3-7-5/h1-4,11H,(H,9,10)/b8-1-. The average Bonchev–Trinajstić information content (AvgIpc) is 2.51. The normalized spacial score (nSPS) is 13.3. The van der Waals surface area contributed by atoms with Crippen LogP contribution in [-0.4, -0.2) is 27.5 Å². The van der Waals surface area contributed by atoms with E-state index in [1.807, 2.05) is 0 Å². The first-order valence-corrected chi connectivity index (χ1v) is 3.98. The minimum Gasteiger partial charge on any atom is -0.480 e. The van der Waals surface area contributed by atoms with Crippen LogP contribution in [0.5, 0.6) is 0 Å². The van der Waals surface area contributed by atoms with Gasteiger partial charge < -0.3 is 10.3 Å². The van der Waals surface area contributed by atoms with Crippen LogP contribution in [0.3, 0.4) is 0 Å². The molecule has 0 aliphatic carbocycles. The van der Waals surface area contributed by atoms with Crippen LogP contribution in [0.1, 0.15) is 11.6 Å². The number of nitrogens with zero attached hydrogens (tertiary/aromatic N) is 2. The fourth-order valence-electron chi connectivity index (χ4n) is 0.709. The van der Waals surface area contributed by atoms with Gasteiger partial charge in [-0.05, 0) is 0 Å². The van der Waals surface area contributed by atoms with Gasteiger partial charge in [-0.25, -0.2) is 4.98 Å². The lowest BCUT2D eigenvalue weighted by molar-refractivity contribution is -0.137. The number of aliphatic carboxylic acids is 1. The van der Waals surface area contributed by atoms with Crippen LogP contribution in [0.2, 0.25) is 0 Å². The quantitative estimate of drug-likeness (QED) is 0.415. The Morgan fingerprint density at radius 1 is 1.83 bits per heavy atom. The van der Waals surface area contributed by atoms with E-state index in [2.05, 4.69) is 10.1 Å². The maximum absolute atomic E-state index is 10.6. The van der Waals surface area contributed by atoms with Gasteiger partial charge >= 0.3 is 5.97 Å². The molecule has 5 nitrogen and oxygen atoms in total. The summed E-state index contributed by atoms with van der Waals surface area (Å²) in [5.74, 6) is -2.04. The largest absolute Gasteiger partial charge is 0.480 e. The average molecular weight is 186 g/mol. The number of thiazole rings is 1. The molecule has 0 aromatic carbocycles. The molecule has 0 spiro atoms. The summed E-state index contributed by atoms with van der Waals surface area (Å²) in [6.07, 6.45) is 0.928. The van der Waals surface area contributed by atoms with Crippen molar-refractivity contribution in [2.45, 2.75) is 5.92 Å². The van der Waals surface area contributed by atoms with Gasteiger partial charge in [0.15, 0.2) is 0 Å². The number of carbonyl (C=O) groups is 1. The van der Waals surface area contributed by atoms with Gasteiger partial charge in [-0.3, -0.25) is 4.79 Å². The lowest BCUT2D eigenvalue weighted by atomic mass is 10.1. The molecule has 0 aliphatic heterocycles. The maximum Gasteiger partial charge on any atom is 0.318 e. The zero-order chi connectivity index (χ0) is 8.97. The van der Waals surface area contributed by atoms with Crippen molar-refractivity contribution in [3.8, 4) is 0 Å². The first kappa shape index (κ1) is 8.66. The Hall–Kier alpha value is -1.43. The summed E-state index contributed by atoms with van der Waals surface area (Å²) >= 11 is 1.29. The lowest BCUT2D eigenvalue weighted by Crippen LogP contribution is -2.13. The Morgan fingerprint density at radius 3 is 3.00 bits per heavy atom. The van der Waals surface area contributed by atoms with E-state index in [0.717, 1.165) is 6.21 Å². The molecule has 0 aliphatic rings. The maximum atomic E-state index is 10.6. The predicted octanol–water partition coefficient (Wildman–Crippen LogP) is 0.771. The highest BCUT2D eigenvalue weighted by Gasteiger charge is 2.19. The summed E-state index contributed by atoms with van der Waals surface area (Å²) in [7, 11) is 0. The Morgan fingerprint density at radius 2 is 2.58 bits per heavy atom. The van der Waals surface area contributed by atoms with Crippen molar-refractivity contribution in [3.05, 3.63) is 16.6 Å². The summed E-state index contributed by atoms with van der Waals surface area (Å²) in [6.45, 7) is 0. The summed E-state index contributed by atoms with van der Waals surface area (Å²) in [4.78, 5) is 14.3. The van der Waals surface area contributed by atoms with Crippen LogP contribution >= 0.6 is 11.3 Å². The molecule has 1 heterocycles. The van der Waals surface area contributed by atoms with E-state index in [9.17, 15) is 4.79 Å². The smallest absolute Gasteiger partial charge is 0.318 e. The molecule has 1 rings (SSSR count). The predicted molar refractivity (Wildman–Crippen MR) is 42.8 cm³/mol. The van der Waals surface area contributed by atoms with Crippen molar-refractivity contribution >= 4 is 23.5 Å². The first-order chi connectivity index (χ1) is 5.75. The Labute approximate surface area is 72.0 Å². The molecule has 0 radical (unpaired) electrons. The molecule has 1 unspecified atom stereocenters. The second-order valence-corrected chi connectivity index (χ2v) is 2.71. The van der Waals surface area contributed by atoms with Gasteiger partial charge in [0.1, 0.15) is 5.92 Å². The molecule has 2 N–H and O–H groups in total. The monoisotopic (exact) mass is 186 g/mol. The third kappa shape index (κ3) is 1.79. The summed E-state index contributed by atoms with van der Waals surface area (Å²) in [5, 5.41) is 21.1. The minimum atomic E-state index is -1.08. The highest BCUT2D eigenvalue weighted by atomic mass is 32.1. The molecule has 12 heavy (non-hydrogen) atoms. The second-order valence-electron chi connectivity index (χ2n) is 1.99. The summed E-state index contributed by atoms with van der Waals surface area (Å²) in [6, 6.07) is 0. The molecule has 64 valence electrons. The second kappa shape index (κ2) is 3.82. The molecule has 1 aromatic rings. The SMILES string of the molecule is O=C(O)C(/C=N\O)c1cscn1. The highest BCUT2D eigenvalue weighted by Crippen LogP contribution is 2.13. The van der Waals surface area contributed by atoms with Gasteiger partial charge in [0.2, 0.25) is 0 Å². The van der Waals surface area contributed by atoms with Crippen LogP contribution in [0.15, 0.2) is 16.0 Å². The Balaban J connectivity index is 2.88. The van der Waals surface area contributed by atoms with Crippen molar-refractivity contribution in [1.29, 1.82) is 0 Å². The molecular weight excluding hydrogens is 180 g/mol. The summed E-state index contributed by atoms with van der Waals surface area (Å²) in [5.41, 5.74) is 1.90. The number of hydrogen-bond donors (Lipinski definition) is 2. The molecule has 0 amide bonds. The van der Waals surface area contributed by atoms with E-state index in [1.165, 1.54) is 16.8 Å². The number of carboxylic acids is 1. The highest BCUT2D eigenvalue weighted by molar-refractivity contribution is 7.07. The van der Waals surface area contributed by atoms with Crippen molar-refractivity contribution in [3.63, 3.8) is 0 Å². The van der Waals surface area contributed by atoms with Crippen LogP contribution in [0, 0.1) is 0 Å². The topological polar surface area (TPSA) is 82.8 Å². The zero-order valence-corrected chi connectivity index (χ0v) is 6.73. The molecule has 6 heteroatoms. The molecular formula is C6H6N2O3S. The van der Waals surface area contributed by atoms with E-state index in [4.69, 9.17) is 10.3 Å². The molecule has 0 saturated carbocycles. The molecule has 0 fully saturated rings. The van der Waals surface area contributed by atoms with Crippen LogP contribution in [0.4, 0.5) is 0 Å². The molecule has 1 atom stereocenters. The van der Waals surface area contributed by atoms with Gasteiger partial charge in [-0.1, -0.05) is 0 Å². The lowest BCUT2D eigenvalue weighted by Gasteiger charge is -1.99. The Bertz CT molecular complexity index is 283. The fraction of sp³-hybridized carbons (Fsp3) is 0.167. The number of oxime groups is 1. The number of carboxylic acid groups (broad SMARTS) is 1. The first-order valence-electron chi connectivity index (χ1n) is 3.04. The van der Waals surface area contributed by atoms with Crippen LogP contribution in [-0.2, 0) is 4.79 Å². The fourth-order valence-corrected chi connectivity index (χ4v) is 1.30. The van der Waals surface area contributed by atoms with Crippen LogP contribution in [0.25, 0.3) is 0 Å². The van der Waals surface area contributed by atoms with Crippen LogP contribution < -0.4 is 0 Å². The third-order valence-electron chi connectivity index (χ3n) is 1.25. The van der Waals surface area contributed by atoms with Crippen molar-refractivity contribution < 1.29 is 15.1 Å². The number of rotatable bonds is 3. The van der Waals surface area contributed by atoms with E-state index >= 15 is 0 Å². The number of aromatic nitrogens is 1. The van der Waals surface area contributed by atoms with Gasteiger partial charge in [0.25, 0.3) is 0 Å². The van der Waals surface area contributed by atoms with E-state index in [1.54, 1.807) is 5.38 Å². The third-order valence-corrected chi connectivity index (χ3v) is 1.86. The molecule has 0 saturated heterocycles. The summed E-state index contributed by atoms with van der Waals surface area (Å²) < 4.78 is 0. The minimum absolute atomic E-state index is 0.380. The van der Waals surface area contributed by atoms with Crippen molar-refractivity contribution in [1.82, 2.24) is 4.98 Å². The number of hydrogen-bond acceptors (Lipinski definition) is 5. The van der Waals surface area contributed by atoms with Gasteiger partial charge in [0, 0.05) is 5.38 Å². The van der Waals surface area contributed by atoms with Gasteiger partial charge in [0.05, 0.1) is 17.4 Å². The zero-order valence-electron chi connectivity index (χ0n) is 5.91. The van der Waals surface area contributed by atoms with E-state index < -0.39 is 11.9 Å². The van der Waals surface area contributed by atoms with E-state index in [-0.39, 0.29) is 0 Å². The Kier molecular flexibility index (Phi) is 2.76. The molecule has 1 aromatic heterocycles. The molecule has 0 bridgehead atoms.